The maximum atomic E-state index is 13.2. The van der Waals surface area contributed by atoms with Crippen molar-refractivity contribution in [1.29, 1.82) is 0 Å². The van der Waals surface area contributed by atoms with Gasteiger partial charge >= 0.3 is 0 Å². The summed E-state index contributed by atoms with van der Waals surface area (Å²) in [7, 11) is -3.69. The highest BCUT2D eigenvalue weighted by atomic mass is 32.2. The second kappa shape index (κ2) is 10.2. The first-order valence-electron chi connectivity index (χ1n) is 11.8. The predicted molar refractivity (Wildman–Crippen MR) is 134 cm³/mol. The number of hydrogen-bond donors (Lipinski definition) is 3. The molecule has 6 nitrogen and oxygen atoms in total. The van der Waals surface area contributed by atoms with E-state index < -0.39 is 15.6 Å². The van der Waals surface area contributed by atoms with Crippen LogP contribution in [0.2, 0.25) is 0 Å². The summed E-state index contributed by atoms with van der Waals surface area (Å²) in [5.74, 6) is 1.58. The van der Waals surface area contributed by atoms with Crippen LogP contribution in [-0.2, 0) is 26.9 Å². The molecule has 1 aliphatic heterocycles. The van der Waals surface area contributed by atoms with E-state index >= 15 is 0 Å². The van der Waals surface area contributed by atoms with Crippen LogP contribution in [0.4, 0.5) is 5.69 Å². The quantitative estimate of drug-likeness (QED) is 0.424. The molecule has 0 saturated heterocycles. The smallest absolute Gasteiger partial charge is 0.271 e. The molecule has 1 unspecified atom stereocenters. The molecule has 1 aromatic carbocycles. The van der Waals surface area contributed by atoms with E-state index in [9.17, 15) is 8.42 Å². The molecule has 3 N–H and O–H groups in total. The van der Waals surface area contributed by atoms with Gasteiger partial charge in [0.25, 0.3) is 10.0 Å². The number of hydroxylamine groups is 1. The van der Waals surface area contributed by atoms with Crippen LogP contribution in [0.15, 0.2) is 52.4 Å². The molecular weight excluding hydrogens is 454 g/mol. The Kier molecular flexibility index (Phi) is 7.48. The summed E-state index contributed by atoms with van der Waals surface area (Å²) in [6.45, 7) is 6.69. The predicted octanol–water partition coefficient (Wildman–Crippen LogP) is 5.65. The molecule has 0 amide bonds. The zero-order chi connectivity index (χ0) is 23.5. The van der Waals surface area contributed by atoms with Gasteiger partial charge in [0, 0.05) is 17.5 Å². The summed E-state index contributed by atoms with van der Waals surface area (Å²) in [5, 5.41) is 3.60. The largest absolute Gasteiger partial charge is 0.413 e. The number of allylic oxidation sites excluding steroid dienone is 1. The van der Waals surface area contributed by atoms with Crippen LogP contribution in [0.3, 0.4) is 0 Å². The minimum atomic E-state index is -3.69. The Balaban J connectivity index is 1.42. The summed E-state index contributed by atoms with van der Waals surface area (Å²) in [5.41, 5.74) is 4.01. The Hall–Kier alpha value is -1.87. The zero-order valence-corrected chi connectivity index (χ0v) is 21.3. The van der Waals surface area contributed by atoms with Gasteiger partial charge in [-0.3, -0.25) is 4.72 Å². The van der Waals surface area contributed by atoms with Crippen molar-refractivity contribution in [2.75, 3.05) is 4.72 Å². The van der Waals surface area contributed by atoms with Crippen LogP contribution in [-0.4, -0.2) is 14.5 Å². The van der Waals surface area contributed by atoms with Gasteiger partial charge in [-0.25, -0.2) is 8.42 Å². The standard InChI is InChI=1S/C25H35N3O3S2/c1-18(15-20-9-5-4-6-10-20)26-17-21-11-7-8-12-22(21)27-33(29,30)24-14-13-23(32-24)25(3)16-19(2)31-28-25/h7-8,11-14,16,18,20,26-28H,4-6,9-10,15,17H2,1-3H3/t18-,25?/m0/s1. The summed E-state index contributed by atoms with van der Waals surface area (Å²) in [4.78, 5) is 6.25. The Morgan fingerprint density at radius 1 is 1.18 bits per heavy atom. The number of sulfonamides is 1. The first-order valence-corrected chi connectivity index (χ1v) is 14.1. The third kappa shape index (κ3) is 5.98. The molecule has 2 aliphatic rings. The molecule has 2 aromatic rings. The lowest BCUT2D eigenvalue weighted by Gasteiger charge is -2.25. The molecular formula is C25H35N3O3S2. The monoisotopic (exact) mass is 489 g/mol. The Labute approximate surface area is 201 Å². The molecule has 180 valence electrons. The summed E-state index contributed by atoms with van der Waals surface area (Å²) >= 11 is 1.25. The van der Waals surface area contributed by atoms with Crippen LogP contribution in [0.25, 0.3) is 0 Å². The van der Waals surface area contributed by atoms with Gasteiger partial charge in [0.15, 0.2) is 0 Å². The van der Waals surface area contributed by atoms with E-state index in [1.165, 1.54) is 49.9 Å². The SMILES string of the molecule is CC1=CC(C)(c2ccc(S(=O)(=O)Nc3ccccc3CN[C@@H](C)CC3CCCCC3)s2)NO1. The molecule has 4 rings (SSSR count). The number of benzene rings is 1. The van der Waals surface area contributed by atoms with E-state index in [0.29, 0.717) is 18.3 Å². The number of hydrogen-bond acceptors (Lipinski definition) is 6. The Morgan fingerprint density at radius 3 is 2.67 bits per heavy atom. The molecule has 1 saturated carbocycles. The number of anilines is 1. The summed E-state index contributed by atoms with van der Waals surface area (Å²) in [6, 6.07) is 11.5. The molecule has 8 heteroatoms. The number of para-hydroxylation sites is 1. The Bertz CT molecular complexity index is 1090. The fourth-order valence-electron chi connectivity index (χ4n) is 4.78. The van der Waals surface area contributed by atoms with E-state index in [4.69, 9.17) is 4.84 Å². The van der Waals surface area contributed by atoms with E-state index in [2.05, 4.69) is 22.4 Å². The van der Waals surface area contributed by atoms with Gasteiger partial charge in [0.05, 0.1) is 5.69 Å². The molecule has 0 spiro atoms. The van der Waals surface area contributed by atoms with Crippen molar-refractivity contribution in [3.8, 4) is 0 Å². The summed E-state index contributed by atoms with van der Waals surface area (Å²) in [6.07, 6.45) is 9.88. The fraction of sp³-hybridized carbons (Fsp3) is 0.520. The first-order chi connectivity index (χ1) is 15.7. The minimum absolute atomic E-state index is 0.284. The highest BCUT2D eigenvalue weighted by molar-refractivity contribution is 7.94. The maximum absolute atomic E-state index is 13.2. The lowest BCUT2D eigenvalue weighted by Crippen LogP contribution is -2.31. The highest BCUT2D eigenvalue weighted by Gasteiger charge is 2.33. The molecule has 0 bridgehead atoms. The number of rotatable bonds is 9. The highest BCUT2D eigenvalue weighted by Crippen LogP contribution is 2.36. The van der Waals surface area contributed by atoms with Gasteiger partial charge in [-0.2, -0.15) is 0 Å². The second-order valence-corrected chi connectivity index (χ2v) is 12.6. The van der Waals surface area contributed by atoms with Crippen molar-refractivity contribution in [3.05, 3.63) is 58.7 Å². The van der Waals surface area contributed by atoms with Crippen molar-refractivity contribution in [1.82, 2.24) is 10.8 Å². The van der Waals surface area contributed by atoms with Gasteiger partial charge in [-0.05, 0) is 62.9 Å². The maximum Gasteiger partial charge on any atom is 0.271 e. The molecule has 2 heterocycles. The van der Waals surface area contributed by atoms with Crippen LogP contribution in [0, 0.1) is 5.92 Å². The summed E-state index contributed by atoms with van der Waals surface area (Å²) < 4.78 is 29.4. The fourth-order valence-corrected chi connectivity index (χ4v) is 7.25. The first kappa shape index (κ1) is 24.3. The molecule has 1 aliphatic carbocycles. The number of nitrogens with one attached hydrogen (secondary N) is 3. The lowest BCUT2D eigenvalue weighted by molar-refractivity contribution is 0.0866. The van der Waals surface area contributed by atoms with Crippen molar-refractivity contribution < 1.29 is 13.3 Å². The van der Waals surface area contributed by atoms with E-state index in [-0.39, 0.29) is 4.21 Å². The average molecular weight is 490 g/mol. The molecule has 0 radical (unpaired) electrons. The van der Waals surface area contributed by atoms with Gasteiger partial charge in [-0.15, -0.1) is 16.8 Å². The van der Waals surface area contributed by atoms with Crippen LogP contribution in [0.1, 0.15) is 69.7 Å². The third-order valence-corrected chi connectivity index (χ3v) is 9.77. The average Bonchev–Trinajstić information content (AvgIpc) is 3.42. The normalized spacial score (nSPS) is 22.6. The molecule has 1 aromatic heterocycles. The van der Waals surface area contributed by atoms with Crippen molar-refractivity contribution in [3.63, 3.8) is 0 Å². The number of thiophene rings is 1. The molecule has 1 fully saturated rings. The van der Waals surface area contributed by atoms with E-state index in [1.807, 2.05) is 50.3 Å². The zero-order valence-electron chi connectivity index (χ0n) is 19.7. The minimum Gasteiger partial charge on any atom is -0.413 e. The van der Waals surface area contributed by atoms with Crippen LogP contribution in [0.5, 0.6) is 0 Å². The van der Waals surface area contributed by atoms with Gasteiger partial charge in [0.1, 0.15) is 15.5 Å². The third-order valence-electron chi connectivity index (χ3n) is 6.59. The van der Waals surface area contributed by atoms with Gasteiger partial charge < -0.3 is 10.2 Å². The molecule has 33 heavy (non-hydrogen) atoms. The second-order valence-electron chi connectivity index (χ2n) is 9.56. The lowest BCUT2D eigenvalue weighted by atomic mass is 9.85. The van der Waals surface area contributed by atoms with Gasteiger partial charge in [0.2, 0.25) is 0 Å². The topological polar surface area (TPSA) is 79.5 Å². The Morgan fingerprint density at radius 2 is 1.94 bits per heavy atom. The van der Waals surface area contributed by atoms with E-state index in [0.717, 1.165) is 22.1 Å². The van der Waals surface area contributed by atoms with E-state index in [1.54, 1.807) is 6.07 Å². The van der Waals surface area contributed by atoms with Crippen molar-refractivity contribution >= 4 is 27.0 Å². The van der Waals surface area contributed by atoms with Crippen LogP contribution < -0.4 is 15.5 Å². The van der Waals surface area contributed by atoms with Gasteiger partial charge in [-0.1, -0.05) is 50.3 Å². The van der Waals surface area contributed by atoms with Crippen LogP contribution >= 0.6 is 11.3 Å². The molecule has 2 atom stereocenters. The van der Waals surface area contributed by atoms with Crippen molar-refractivity contribution in [2.45, 2.75) is 81.6 Å². The van der Waals surface area contributed by atoms with Crippen molar-refractivity contribution in [2.24, 2.45) is 5.92 Å².